The number of carbonyl (C=O) groups excluding carboxylic acids is 1. The van der Waals surface area contributed by atoms with E-state index in [9.17, 15) is 4.79 Å². The number of nitrogens with zero attached hydrogens (tertiary/aromatic N) is 4. The van der Waals surface area contributed by atoms with Gasteiger partial charge in [-0.15, -0.1) is 24.0 Å². The van der Waals surface area contributed by atoms with E-state index in [4.69, 9.17) is 0 Å². The molecule has 2 heterocycles. The average molecular weight is 550 g/mol. The van der Waals surface area contributed by atoms with Gasteiger partial charge in [0.1, 0.15) is 0 Å². The summed E-state index contributed by atoms with van der Waals surface area (Å²) in [5, 5.41) is 6.93. The van der Waals surface area contributed by atoms with Crippen LogP contribution >= 0.6 is 24.0 Å². The van der Waals surface area contributed by atoms with Crippen molar-refractivity contribution in [2.45, 2.75) is 57.7 Å². The lowest BCUT2D eigenvalue weighted by molar-refractivity contribution is -0.135. The summed E-state index contributed by atoms with van der Waals surface area (Å²) in [6, 6.07) is 8.81. The Kier molecular flexibility index (Phi) is 9.37. The number of aliphatic imine (C=N–C) groups is 1. The molecule has 1 amide bonds. The maximum atomic E-state index is 12.8. The van der Waals surface area contributed by atoms with Gasteiger partial charge in [-0.3, -0.25) is 9.79 Å². The molecule has 1 aliphatic carbocycles. The molecule has 1 saturated carbocycles. The number of halogens is 1. The van der Waals surface area contributed by atoms with Crippen molar-refractivity contribution in [3.63, 3.8) is 0 Å². The fourth-order valence-electron chi connectivity index (χ4n) is 4.69. The van der Waals surface area contributed by atoms with Crippen LogP contribution in [0.25, 0.3) is 0 Å². The van der Waals surface area contributed by atoms with Crippen molar-refractivity contribution < 1.29 is 4.79 Å². The van der Waals surface area contributed by atoms with Crippen LogP contribution in [0.1, 0.15) is 49.7 Å². The Morgan fingerprint density at radius 3 is 2.75 bits per heavy atom. The smallest absolute Gasteiger partial charge is 0.225 e. The zero-order valence-corrected chi connectivity index (χ0v) is 21.2. The number of nitrogens with one attached hydrogen (secondary N) is 2. The van der Waals surface area contributed by atoms with Gasteiger partial charge in [-0.05, 0) is 30.4 Å². The van der Waals surface area contributed by atoms with Crippen LogP contribution in [0.5, 0.6) is 0 Å². The number of imidazole rings is 1. The predicted molar refractivity (Wildman–Crippen MR) is 138 cm³/mol. The SMILES string of the molecule is CN=C(NCc1cccc(Cn2ccnc2)c1)NC1CCN(C(=O)C2CCCCC2)C1.I. The van der Waals surface area contributed by atoms with Gasteiger partial charge in [-0.2, -0.15) is 0 Å². The van der Waals surface area contributed by atoms with E-state index in [0.29, 0.717) is 12.5 Å². The van der Waals surface area contributed by atoms with E-state index in [0.717, 1.165) is 44.9 Å². The van der Waals surface area contributed by atoms with Crippen LogP contribution in [0.4, 0.5) is 0 Å². The lowest BCUT2D eigenvalue weighted by atomic mass is 9.88. The van der Waals surface area contributed by atoms with Gasteiger partial charge in [0.25, 0.3) is 0 Å². The Bertz CT molecular complexity index is 878. The molecule has 0 radical (unpaired) electrons. The minimum Gasteiger partial charge on any atom is -0.352 e. The highest BCUT2D eigenvalue weighted by Crippen LogP contribution is 2.26. The molecule has 1 unspecified atom stereocenters. The number of benzene rings is 1. The third-order valence-electron chi connectivity index (χ3n) is 6.39. The van der Waals surface area contributed by atoms with Crippen molar-refractivity contribution in [1.82, 2.24) is 25.1 Å². The summed E-state index contributed by atoms with van der Waals surface area (Å²) in [6.45, 7) is 3.14. The molecule has 8 heteroatoms. The van der Waals surface area contributed by atoms with E-state index in [-0.39, 0.29) is 35.9 Å². The van der Waals surface area contributed by atoms with Gasteiger partial charge < -0.3 is 20.1 Å². The summed E-state index contributed by atoms with van der Waals surface area (Å²) < 4.78 is 2.06. The highest BCUT2D eigenvalue weighted by Gasteiger charge is 2.31. The normalized spacial score (nSPS) is 19.5. The van der Waals surface area contributed by atoms with E-state index in [2.05, 4.69) is 54.3 Å². The summed E-state index contributed by atoms with van der Waals surface area (Å²) >= 11 is 0. The van der Waals surface area contributed by atoms with Gasteiger partial charge in [0.05, 0.1) is 6.33 Å². The maximum absolute atomic E-state index is 12.8. The molecule has 174 valence electrons. The molecule has 0 spiro atoms. The van der Waals surface area contributed by atoms with Crippen molar-refractivity contribution in [2.24, 2.45) is 10.9 Å². The molecular weight excluding hydrogens is 515 g/mol. The Morgan fingerprint density at radius 1 is 1.19 bits per heavy atom. The van der Waals surface area contributed by atoms with Crippen molar-refractivity contribution in [3.8, 4) is 0 Å². The number of aromatic nitrogens is 2. The molecule has 1 aliphatic heterocycles. The molecule has 2 aliphatic rings. The van der Waals surface area contributed by atoms with Gasteiger partial charge in [-0.25, -0.2) is 4.98 Å². The third-order valence-corrected chi connectivity index (χ3v) is 6.39. The lowest BCUT2D eigenvalue weighted by Gasteiger charge is -2.26. The number of likely N-dealkylation sites (tertiary alicyclic amines) is 1. The van der Waals surface area contributed by atoms with Crippen molar-refractivity contribution in [1.29, 1.82) is 0 Å². The number of rotatable bonds is 6. The quantitative estimate of drug-likeness (QED) is 0.329. The van der Waals surface area contributed by atoms with Crippen LogP contribution in [-0.2, 0) is 17.9 Å². The first-order valence-electron chi connectivity index (χ1n) is 11.5. The molecule has 32 heavy (non-hydrogen) atoms. The first-order chi connectivity index (χ1) is 15.2. The molecule has 1 saturated heterocycles. The van der Waals surface area contributed by atoms with Crippen molar-refractivity contribution >= 4 is 35.8 Å². The fourth-order valence-corrected chi connectivity index (χ4v) is 4.69. The molecular formula is C24H35IN6O. The molecule has 7 nitrogen and oxygen atoms in total. The zero-order valence-electron chi connectivity index (χ0n) is 18.9. The molecule has 1 atom stereocenters. The molecule has 2 N–H and O–H groups in total. The zero-order chi connectivity index (χ0) is 21.5. The van der Waals surface area contributed by atoms with Gasteiger partial charge in [0, 0.05) is 57.6 Å². The average Bonchev–Trinajstić information content (AvgIpc) is 3.49. The molecule has 2 aromatic rings. The minimum atomic E-state index is 0. The van der Waals surface area contributed by atoms with Crippen LogP contribution in [0.15, 0.2) is 48.0 Å². The number of hydrogen-bond donors (Lipinski definition) is 2. The number of carbonyl (C=O) groups is 1. The minimum absolute atomic E-state index is 0. The molecule has 1 aromatic carbocycles. The first kappa shape index (κ1) is 24.5. The van der Waals surface area contributed by atoms with Crippen LogP contribution in [-0.4, -0.2) is 52.5 Å². The van der Waals surface area contributed by atoms with Gasteiger partial charge in [-0.1, -0.05) is 43.5 Å². The Balaban J connectivity index is 0.00000289. The van der Waals surface area contributed by atoms with Crippen LogP contribution in [0, 0.1) is 5.92 Å². The number of guanidine groups is 1. The van der Waals surface area contributed by atoms with E-state index in [1.807, 2.05) is 12.5 Å². The summed E-state index contributed by atoms with van der Waals surface area (Å²) in [4.78, 5) is 23.4. The predicted octanol–water partition coefficient (Wildman–Crippen LogP) is 3.40. The number of amides is 1. The van der Waals surface area contributed by atoms with E-state index >= 15 is 0 Å². The third kappa shape index (κ3) is 6.70. The van der Waals surface area contributed by atoms with Gasteiger partial charge >= 0.3 is 0 Å². The summed E-state index contributed by atoms with van der Waals surface area (Å²) in [7, 11) is 1.80. The van der Waals surface area contributed by atoms with E-state index in [1.54, 1.807) is 13.2 Å². The fraction of sp³-hybridized carbons (Fsp3) is 0.542. The Morgan fingerprint density at radius 2 is 2.00 bits per heavy atom. The van der Waals surface area contributed by atoms with Gasteiger partial charge in [0.15, 0.2) is 5.96 Å². The van der Waals surface area contributed by atoms with Crippen LogP contribution < -0.4 is 10.6 Å². The molecule has 1 aromatic heterocycles. The van der Waals surface area contributed by atoms with Crippen LogP contribution in [0.3, 0.4) is 0 Å². The Hall–Kier alpha value is -2.10. The topological polar surface area (TPSA) is 74.6 Å². The first-order valence-corrected chi connectivity index (χ1v) is 11.5. The van der Waals surface area contributed by atoms with E-state index in [1.165, 1.54) is 30.4 Å². The second-order valence-corrected chi connectivity index (χ2v) is 8.73. The van der Waals surface area contributed by atoms with Crippen molar-refractivity contribution in [3.05, 3.63) is 54.1 Å². The van der Waals surface area contributed by atoms with E-state index < -0.39 is 0 Å². The highest BCUT2D eigenvalue weighted by atomic mass is 127. The monoisotopic (exact) mass is 550 g/mol. The second kappa shape index (κ2) is 12.2. The largest absolute Gasteiger partial charge is 0.352 e. The second-order valence-electron chi connectivity index (χ2n) is 8.73. The standard InChI is InChI=1S/C24H34N6O.HI/c1-25-24(27-15-19-6-5-7-20(14-19)16-29-13-11-26-18-29)28-22-10-12-30(17-22)23(31)21-8-3-2-4-9-21;/h5-7,11,13-14,18,21-22H,2-4,8-10,12,15-17H2,1H3,(H2,25,27,28);1H. The van der Waals surface area contributed by atoms with Crippen molar-refractivity contribution in [2.75, 3.05) is 20.1 Å². The lowest BCUT2D eigenvalue weighted by Crippen LogP contribution is -2.45. The highest BCUT2D eigenvalue weighted by molar-refractivity contribution is 14.0. The summed E-state index contributed by atoms with van der Waals surface area (Å²) in [5.74, 6) is 1.40. The molecule has 0 bridgehead atoms. The maximum Gasteiger partial charge on any atom is 0.225 e. The molecule has 2 fully saturated rings. The Labute approximate surface area is 208 Å². The molecule has 4 rings (SSSR count). The number of hydrogen-bond acceptors (Lipinski definition) is 3. The summed E-state index contributed by atoms with van der Waals surface area (Å²) in [5.41, 5.74) is 2.45. The van der Waals surface area contributed by atoms with Crippen LogP contribution in [0.2, 0.25) is 0 Å². The summed E-state index contributed by atoms with van der Waals surface area (Å²) in [6.07, 6.45) is 12.4. The van der Waals surface area contributed by atoms with Gasteiger partial charge in [0.2, 0.25) is 5.91 Å².